The molecule has 0 saturated carbocycles. The van der Waals surface area contributed by atoms with Gasteiger partial charge in [0.25, 0.3) is 0 Å². The van der Waals surface area contributed by atoms with Gasteiger partial charge in [0.2, 0.25) is 5.91 Å². The third-order valence-corrected chi connectivity index (χ3v) is 6.26. The summed E-state index contributed by atoms with van der Waals surface area (Å²) < 4.78 is 7.55. The van der Waals surface area contributed by atoms with Crippen LogP contribution in [0.25, 0.3) is 16.9 Å². The van der Waals surface area contributed by atoms with Crippen LogP contribution in [-0.4, -0.2) is 28.5 Å². The highest BCUT2D eigenvalue weighted by Crippen LogP contribution is 2.25. The Hall–Kier alpha value is -3.41. The summed E-state index contributed by atoms with van der Waals surface area (Å²) >= 11 is 0. The molecule has 1 amide bonds. The van der Waals surface area contributed by atoms with Crippen LogP contribution in [0.1, 0.15) is 90.0 Å². The largest absolute Gasteiger partial charge is 0.494 e. The van der Waals surface area contributed by atoms with Crippen LogP contribution in [-0.2, 0) is 4.79 Å². The SMILES string of the molecule is CCCCCCCCCCCC(=O)N/N=C/c1cn(-c2ccccc2)nc1-c1ccc(OCCC)cc1. The summed E-state index contributed by atoms with van der Waals surface area (Å²) in [5.41, 5.74) is 6.23. The molecule has 0 radical (unpaired) electrons. The van der Waals surface area contributed by atoms with Crippen LogP contribution in [0.2, 0.25) is 0 Å². The number of hydrogen-bond acceptors (Lipinski definition) is 4. The average Bonchev–Trinajstić information content (AvgIpc) is 3.36. The number of carbonyl (C=O) groups excluding carboxylic acids is 1. The van der Waals surface area contributed by atoms with Gasteiger partial charge in [-0.2, -0.15) is 10.2 Å². The predicted octanol–water partition coefficient (Wildman–Crippen LogP) is 7.70. The first kappa shape index (κ1) is 28.2. The minimum atomic E-state index is -0.0476. The summed E-state index contributed by atoms with van der Waals surface area (Å²) in [6.07, 6.45) is 16.2. The van der Waals surface area contributed by atoms with Crippen molar-refractivity contribution in [2.24, 2.45) is 5.10 Å². The van der Waals surface area contributed by atoms with Crippen molar-refractivity contribution in [3.05, 3.63) is 66.4 Å². The number of ether oxygens (including phenoxy) is 1. The highest BCUT2D eigenvalue weighted by atomic mass is 16.5. The zero-order chi connectivity index (χ0) is 26.1. The fraction of sp³-hybridized carbons (Fsp3) is 0.452. The number of rotatable bonds is 17. The van der Waals surface area contributed by atoms with Gasteiger partial charge in [-0.05, 0) is 49.2 Å². The molecule has 0 atom stereocenters. The highest BCUT2D eigenvalue weighted by molar-refractivity contribution is 5.89. The van der Waals surface area contributed by atoms with Crippen molar-refractivity contribution in [3.63, 3.8) is 0 Å². The van der Waals surface area contributed by atoms with Crippen molar-refractivity contribution in [2.45, 2.75) is 84.5 Å². The number of carbonyl (C=O) groups is 1. The van der Waals surface area contributed by atoms with E-state index in [0.717, 1.165) is 47.5 Å². The van der Waals surface area contributed by atoms with Crippen molar-refractivity contribution in [2.75, 3.05) is 6.61 Å². The second kappa shape index (κ2) is 16.4. The molecule has 0 aliphatic carbocycles. The molecule has 6 heteroatoms. The minimum Gasteiger partial charge on any atom is -0.494 e. The monoisotopic (exact) mass is 502 g/mol. The molecule has 6 nitrogen and oxygen atoms in total. The first-order valence-electron chi connectivity index (χ1n) is 13.9. The van der Waals surface area contributed by atoms with E-state index in [1.54, 1.807) is 6.21 Å². The van der Waals surface area contributed by atoms with Crippen LogP contribution < -0.4 is 10.2 Å². The van der Waals surface area contributed by atoms with Crippen LogP contribution in [0.5, 0.6) is 5.75 Å². The molecule has 0 spiro atoms. The normalized spacial score (nSPS) is 11.2. The van der Waals surface area contributed by atoms with E-state index in [1.165, 1.54) is 44.9 Å². The number of unbranched alkanes of at least 4 members (excludes halogenated alkanes) is 8. The van der Waals surface area contributed by atoms with Crippen molar-refractivity contribution >= 4 is 12.1 Å². The minimum absolute atomic E-state index is 0.0476. The molecular weight excluding hydrogens is 460 g/mol. The number of benzene rings is 2. The number of hydrazone groups is 1. The molecule has 1 heterocycles. The summed E-state index contributed by atoms with van der Waals surface area (Å²) in [7, 11) is 0. The Bertz CT molecular complexity index is 1070. The first-order chi connectivity index (χ1) is 18.2. The molecule has 0 aliphatic heterocycles. The topological polar surface area (TPSA) is 68.5 Å². The Labute approximate surface area is 222 Å². The van der Waals surface area contributed by atoms with E-state index in [4.69, 9.17) is 9.84 Å². The van der Waals surface area contributed by atoms with E-state index in [0.29, 0.717) is 13.0 Å². The lowest BCUT2D eigenvalue weighted by molar-refractivity contribution is -0.121. The summed E-state index contributed by atoms with van der Waals surface area (Å²) in [5.74, 6) is 0.792. The van der Waals surface area contributed by atoms with Crippen LogP contribution in [0.4, 0.5) is 0 Å². The number of nitrogens with zero attached hydrogens (tertiary/aromatic N) is 3. The smallest absolute Gasteiger partial charge is 0.240 e. The Morgan fingerprint density at radius 1 is 0.892 bits per heavy atom. The lowest BCUT2D eigenvalue weighted by atomic mass is 10.1. The molecule has 3 aromatic rings. The third-order valence-electron chi connectivity index (χ3n) is 6.26. The maximum absolute atomic E-state index is 12.3. The molecule has 3 rings (SSSR count). The molecule has 0 fully saturated rings. The molecule has 0 unspecified atom stereocenters. The molecule has 0 aliphatic rings. The molecule has 198 valence electrons. The summed E-state index contributed by atoms with van der Waals surface area (Å²) in [6.45, 7) is 5.03. The second-order valence-corrected chi connectivity index (χ2v) is 9.46. The Morgan fingerprint density at radius 3 is 2.24 bits per heavy atom. The third kappa shape index (κ3) is 9.87. The van der Waals surface area contributed by atoms with E-state index < -0.39 is 0 Å². The average molecular weight is 503 g/mol. The number of amides is 1. The van der Waals surface area contributed by atoms with Crippen molar-refractivity contribution < 1.29 is 9.53 Å². The van der Waals surface area contributed by atoms with Gasteiger partial charge in [-0.1, -0.05) is 83.4 Å². The second-order valence-electron chi connectivity index (χ2n) is 9.46. The van der Waals surface area contributed by atoms with Gasteiger partial charge in [-0.25, -0.2) is 10.1 Å². The van der Waals surface area contributed by atoms with E-state index in [2.05, 4.69) is 24.4 Å². The number of para-hydroxylation sites is 1. The van der Waals surface area contributed by atoms with Gasteiger partial charge in [0, 0.05) is 23.7 Å². The molecule has 2 aromatic carbocycles. The Kier molecular flexibility index (Phi) is 12.5. The lowest BCUT2D eigenvalue weighted by Crippen LogP contribution is -2.16. The van der Waals surface area contributed by atoms with Crippen molar-refractivity contribution in [1.29, 1.82) is 0 Å². The van der Waals surface area contributed by atoms with Gasteiger partial charge >= 0.3 is 0 Å². The summed E-state index contributed by atoms with van der Waals surface area (Å²) in [4.78, 5) is 12.3. The fourth-order valence-electron chi connectivity index (χ4n) is 4.17. The van der Waals surface area contributed by atoms with Gasteiger partial charge in [0.15, 0.2) is 0 Å². The van der Waals surface area contributed by atoms with E-state index in [9.17, 15) is 4.79 Å². The number of hydrogen-bond donors (Lipinski definition) is 1. The zero-order valence-corrected chi connectivity index (χ0v) is 22.5. The highest BCUT2D eigenvalue weighted by Gasteiger charge is 2.12. The lowest BCUT2D eigenvalue weighted by Gasteiger charge is -2.05. The van der Waals surface area contributed by atoms with Crippen LogP contribution in [0.3, 0.4) is 0 Å². The summed E-state index contributed by atoms with van der Waals surface area (Å²) in [6, 6.07) is 17.9. The molecule has 37 heavy (non-hydrogen) atoms. The maximum atomic E-state index is 12.3. The van der Waals surface area contributed by atoms with E-state index in [-0.39, 0.29) is 5.91 Å². The standard InChI is InChI=1S/C31H42N4O2/c1-3-5-6-7-8-9-10-11-15-18-30(36)33-32-24-27-25-35(28-16-13-12-14-17-28)34-31(27)26-19-21-29(22-20-26)37-23-4-2/h12-14,16-17,19-22,24-25H,3-11,15,18,23H2,1-2H3,(H,33,36)/b32-24+. The fourth-order valence-corrected chi connectivity index (χ4v) is 4.17. The molecule has 1 N–H and O–H groups in total. The zero-order valence-electron chi connectivity index (χ0n) is 22.5. The van der Waals surface area contributed by atoms with Crippen LogP contribution in [0, 0.1) is 0 Å². The summed E-state index contributed by atoms with van der Waals surface area (Å²) in [5, 5.41) is 9.06. The predicted molar refractivity (Wildman–Crippen MR) is 152 cm³/mol. The Morgan fingerprint density at radius 2 is 1.57 bits per heavy atom. The Balaban J connectivity index is 1.56. The van der Waals surface area contributed by atoms with Gasteiger partial charge in [0.05, 0.1) is 18.5 Å². The van der Waals surface area contributed by atoms with Crippen molar-refractivity contribution in [1.82, 2.24) is 15.2 Å². The van der Waals surface area contributed by atoms with Gasteiger partial charge in [-0.15, -0.1) is 0 Å². The number of nitrogens with one attached hydrogen (secondary N) is 1. The first-order valence-corrected chi connectivity index (χ1v) is 13.9. The van der Waals surface area contributed by atoms with Gasteiger partial charge < -0.3 is 4.74 Å². The van der Waals surface area contributed by atoms with Crippen LogP contribution in [0.15, 0.2) is 65.9 Å². The quantitative estimate of drug-likeness (QED) is 0.117. The van der Waals surface area contributed by atoms with E-state index >= 15 is 0 Å². The molecule has 0 bridgehead atoms. The maximum Gasteiger partial charge on any atom is 0.240 e. The van der Waals surface area contributed by atoms with E-state index in [1.807, 2.05) is 65.5 Å². The van der Waals surface area contributed by atoms with Gasteiger partial charge in [-0.3, -0.25) is 4.79 Å². The molecular formula is C31H42N4O2. The van der Waals surface area contributed by atoms with Gasteiger partial charge in [0.1, 0.15) is 11.4 Å². The van der Waals surface area contributed by atoms with Crippen LogP contribution >= 0.6 is 0 Å². The number of aromatic nitrogens is 2. The molecule has 1 aromatic heterocycles. The van der Waals surface area contributed by atoms with Crippen molar-refractivity contribution in [3.8, 4) is 22.7 Å². The molecule has 0 saturated heterocycles.